The van der Waals surface area contributed by atoms with Gasteiger partial charge in [-0.05, 0) is 24.4 Å². The first-order chi connectivity index (χ1) is 13.9. The Morgan fingerprint density at radius 2 is 2.03 bits per heavy atom. The van der Waals surface area contributed by atoms with Crippen molar-refractivity contribution >= 4 is 39.9 Å². The zero-order valence-electron chi connectivity index (χ0n) is 16.3. The predicted molar refractivity (Wildman–Crippen MR) is 102 cm³/mol. The molecular formula is C16H21ClN5NaO6S. The van der Waals surface area contributed by atoms with Crippen LogP contribution in [0.5, 0.6) is 0 Å². The molecule has 3 N–H and O–H groups in total. The Bertz CT molecular complexity index is 900. The van der Waals surface area contributed by atoms with Gasteiger partial charge in [0, 0.05) is 6.04 Å². The van der Waals surface area contributed by atoms with Crippen LogP contribution in [0.15, 0.2) is 6.33 Å². The van der Waals surface area contributed by atoms with Gasteiger partial charge < -0.3 is 24.8 Å². The molecule has 0 aromatic carbocycles. The molecule has 2 fully saturated rings. The maximum absolute atomic E-state index is 10.6. The molecule has 160 valence electrons. The molecule has 1 aliphatic carbocycles. The fourth-order valence-electron chi connectivity index (χ4n) is 3.84. The van der Waals surface area contributed by atoms with Gasteiger partial charge in [-0.25, -0.2) is 9.19 Å². The molecule has 4 rings (SSSR count). The molecule has 14 heteroatoms. The molecule has 0 amide bonds. The second-order valence-corrected chi connectivity index (χ2v) is 8.16. The van der Waals surface area contributed by atoms with Crippen molar-refractivity contribution in [2.75, 3.05) is 11.9 Å². The van der Waals surface area contributed by atoms with E-state index < -0.39 is 42.5 Å². The zero-order chi connectivity index (χ0) is 20.5. The van der Waals surface area contributed by atoms with E-state index in [4.69, 9.17) is 16.3 Å². The first-order valence-electron chi connectivity index (χ1n) is 9.35. The summed E-state index contributed by atoms with van der Waals surface area (Å²) in [5, 5.41) is 24.0. The number of aliphatic hydroxyl groups is 2. The number of fused-ring (bicyclic) bond motifs is 1. The van der Waals surface area contributed by atoms with Gasteiger partial charge in [-0.2, -0.15) is 9.97 Å². The van der Waals surface area contributed by atoms with Gasteiger partial charge in [-0.15, -0.1) is 0 Å². The van der Waals surface area contributed by atoms with Crippen molar-refractivity contribution in [1.29, 1.82) is 0 Å². The van der Waals surface area contributed by atoms with Gasteiger partial charge in [0.05, 0.1) is 24.3 Å². The maximum atomic E-state index is 10.6. The van der Waals surface area contributed by atoms with Crippen LogP contribution in [0.2, 0.25) is 5.28 Å². The van der Waals surface area contributed by atoms with Crippen molar-refractivity contribution in [3.05, 3.63) is 11.6 Å². The number of halogens is 1. The zero-order valence-corrected chi connectivity index (χ0v) is 19.9. The molecule has 2 aliphatic rings. The average molecular weight is 470 g/mol. The van der Waals surface area contributed by atoms with Crippen LogP contribution < -0.4 is 34.9 Å². The first kappa shape index (κ1) is 24.2. The summed E-state index contributed by atoms with van der Waals surface area (Å²) in [5.74, 6) is 0.500. The molecule has 1 unspecified atom stereocenters. The van der Waals surface area contributed by atoms with E-state index in [0.717, 1.165) is 25.7 Å². The van der Waals surface area contributed by atoms with E-state index in [0.29, 0.717) is 17.0 Å². The largest absolute Gasteiger partial charge is 1.00 e. The van der Waals surface area contributed by atoms with Crippen LogP contribution in [-0.4, -0.2) is 69.5 Å². The van der Waals surface area contributed by atoms with E-state index >= 15 is 0 Å². The number of rotatable bonds is 6. The summed E-state index contributed by atoms with van der Waals surface area (Å²) in [7, 11) is 0. The fourth-order valence-corrected chi connectivity index (χ4v) is 4.25. The van der Waals surface area contributed by atoms with Crippen molar-refractivity contribution in [3.63, 3.8) is 0 Å². The van der Waals surface area contributed by atoms with E-state index in [1.165, 1.54) is 17.3 Å². The molecule has 11 nitrogen and oxygen atoms in total. The average Bonchev–Trinajstić information content (AvgIpc) is 3.23. The Hall–Kier alpha value is -0.410. The molecule has 30 heavy (non-hydrogen) atoms. The molecule has 0 bridgehead atoms. The molecule has 3 heterocycles. The summed E-state index contributed by atoms with van der Waals surface area (Å²) >= 11 is 3.35. The van der Waals surface area contributed by atoms with Gasteiger partial charge in [0.2, 0.25) is 5.28 Å². The third-order valence-electron chi connectivity index (χ3n) is 5.28. The summed E-state index contributed by atoms with van der Waals surface area (Å²) in [5.41, 5.74) is 0.791. The predicted octanol–water partition coefficient (Wildman–Crippen LogP) is -2.34. The van der Waals surface area contributed by atoms with E-state index in [1.54, 1.807) is 0 Å². The Morgan fingerprint density at radius 3 is 2.73 bits per heavy atom. The molecule has 0 spiro atoms. The molecule has 5 atom stereocenters. The van der Waals surface area contributed by atoms with E-state index in [-0.39, 0.29) is 40.9 Å². The molecular weight excluding hydrogens is 449 g/mol. The van der Waals surface area contributed by atoms with Crippen molar-refractivity contribution in [2.45, 2.75) is 62.7 Å². The molecule has 0 radical (unpaired) electrons. The number of hydrogen-bond acceptors (Lipinski definition) is 10. The van der Waals surface area contributed by atoms with Gasteiger partial charge in [0.1, 0.15) is 18.3 Å². The van der Waals surface area contributed by atoms with Crippen LogP contribution in [0.25, 0.3) is 11.2 Å². The molecule has 1 saturated carbocycles. The number of imidazole rings is 1. The van der Waals surface area contributed by atoms with Crippen LogP contribution in [-0.2, 0) is 20.3 Å². The number of nitrogens with zero attached hydrogens (tertiary/aromatic N) is 4. The van der Waals surface area contributed by atoms with Gasteiger partial charge in [0.15, 0.2) is 23.2 Å². The molecule has 2 aromatic rings. The SMILES string of the molecule is O=S([O-])OC[C@H]1O[C@@H](n2cnc3c(NC4CCCCC4)nc(Cl)nc32)[C@H](O)[C@@H]1O.[Na+]. The number of nitrogens with one attached hydrogen (secondary N) is 1. The number of aliphatic hydroxyl groups excluding tert-OH is 2. The Kier molecular flexibility index (Phi) is 8.46. The third kappa shape index (κ3) is 5.14. The van der Waals surface area contributed by atoms with Crippen molar-refractivity contribution in [2.24, 2.45) is 0 Å². The Balaban J connectivity index is 0.00000256. The Labute approximate surface area is 202 Å². The van der Waals surface area contributed by atoms with Crippen LogP contribution in [0, 0.1) is 0 Å². The van der Waals surface area contributed by atoms with E-state index in [9.17, 15) is 19.0 Å². The van der Waals surface area contributed by atoms with E-state index in [1.807, 2.05) is 0 Å². The van der Waals surface area contributed by atoms with Gasteiger partial charge in [-0.1, -0.05) is 19.3 Å². The second-order valence-electron chi connectivity index (χ2n) is 7.18. The summed E-state index contributed by atoms with van der Waals surface area (Å²) in [6, 6.07) is 0.271. The normalized spacial score (nSPS) is 28.4. The monoisotopic (exact) mass is 469 g/mol. The summed E-state index contributed by atoms with van der Waals surface area (Å²) in [4.78, 5) is 12.8. The molecule has 1 aliphatic heterocycles. The van der Waals surface area contributed by atoms with Crippen LogP contribution in [0.1, 0.15) is 38.3 Å². The molecule has 1 saturated heterocycles. The van der Waals surface area contributed by atoms with E-state index in [2.05, 4.69) is 24.5 Å². The van der Waals surface area contributed by atoms with Crippen molar-refractivity contribution in [1.82, 2.24) is 19.5 Å². The van der Waals surface area contributed by atoms with Crippen molar-refractivity contribution in [3.8, 4) is 0 Å². The fraction of sp³-hybridized carbons (Fsp3) is 0.688. The Morgan fingerprint density at radius 1 is 1.30 bits per heavy atom. The van der Waals surface area contributed by atoms with Crippen LogP contribution in [0.4, 0.5) is 5.82 Å². The van der Waals surface area contributed by atoms with Crippen LogP contribution in [0.3, 0.4) is 0 Å². The number of anilines is 1. The standard InChI is InChI=1S/C16H22ClN5O6S.Na/c17-16-20-13(19-8-4-2-1-3-5-8)10-14(21-16)22(7-18-10)15-12(24)11(23)9(28-15)6-27-29(25)26;/h7-9,11-12,15,23-24H,1-6H2,(H,25,26)(H,19,20,21);/q;+1/p-1/t9-,11-,12-,15-;/m1./s1. The third-order valence-corrected chi connectivity index (χ3v) is 5.78. The number of ether oxygens (including phenoxy) is 1. The van der Waals surface area contributed by atoms with Crippen LogP contribution >= 0.6 is 11.6 Å². The topological polar surface area (TPSA) is 155 Å². The minimum absolute atomic E-state index is 0. The summed E-state index contributed by atoms with van der Waals surface area (Å²) in [6.45, 7) is -0.429. The molecule has 2 aromatic heterocycles. The number of aromatic nitrogens is 4. The number of hydrogen-bond donors (Lipinski definition) is 3. The minimum Gasteiger partial charge on any atom is -0.750 e. The van der Waals surface area contributed by atoms with Crippen molar-refractivity contribution < 1.29 is 57.5 Å². The quantitative estimate of drug-likeness (QED) is 0.238. The van der Waals surface area contributed by atoms with Gasteiger partial charge >= 0.3 is 29.6 Å². The first-order valence-corrected chi connectivity index (χ1v) is 10.7. The minimum atomic E-state index is -2.76. The summed E-state index contributed by atoms with van der Waals surface area (Å²) in [6.07, 6.45) is 2.21. The maximum Gasteiger partial charge on any atom is 1.00 e. The van der Waals surface area contributed by atoms with Gasteiger partial charge in [0.25, 0.3) is 0 Å². The smallest absolute Gasteiger partial charge is 0.750 e. The second kappa shape index (κ2) is 10.5. The summed E-state index contributed by atoms with van der Waals surface area (Å²) < 4.78 is 32.7. The van der Waals surface area contributed by atoms with Gasteiger partial charge in [-0.3, -0.25) is 8.75 Å².